The van der Waals surface area contributed by atoms with E-state index in [9.17, 15) is 4.79 Å². The molecule has 6 nitrogen and oxygen atoms in total. The number of halogens is 1. The molecule has 0 bridgehead atoms. The summed E-state index contributed by atoms with van der Waals surface area (Å²) in [7, 11) is 1.53. The molecule has 110 valence electrons. The van der Waals surface area contributed by atoms with Crippen molar-refractivity contribution >= 4 is 27.8 Å². The first-order valence-electron chi connectivity index (χ1n) is 6.65. The van der Waals surface area contributed by atoms with Gasteiger partial charge in [0, 0.05) is 28.5 Å². The molecular formula is C14H15BrN4O2. The van der Waals surface area contributed by atoms with Crippen molar-refractivity contribution in [1.82, 2.24) is 14.5 Å². The van der Waals surface area contributed by atoms with Gasteiger partial charge in [0.1, 0.15) is 5.69 Å². The number of rotatable bonds is 4. The highest BCUT2D eigenvalue weighted by molar-refractivity contribution is 9.10. The smallest absolute Gasteiger partial charge is 0.274 e. The number of nitrogens with one attached hydrogen (secondary N) is 1. The van der Waals surface area contributed by atoms with Crippen LogP contribution in [-0.2, 0) is 0 Å². The average Bonchev–Trinajstić information content (AvgIpc) is 3.20. The minimum atomic E-state index is -0.222. The monoisotopic (exact) mass is 350 g/mol. The lowest BCUT2D eigenvalue weighted by atomic mass is 10.4. The summed E-state index contributed by atoms with van der Waals surface area (Å²) in [6.07, 6.45) is 4.15. The van der Waals surface area contributed by atoms with Crippen LogP contribution >= 0.6 is 15.9 Å². The SMILES string of the molecule is COc1cc(C)nc(NC(=O)c2cc(Br)cn2C2CC2)n1. The van der Waals surface area contributed by atoms with Crippen molar-refractivity contribution in [3.63, 3.8) is 0 Å². The fourth-order valence-corrected chi connectivity index (χ4v) is 2.59. The second kappa shape index (κ2) is 5.48. The Balaban J connectivity index is 1.85. The first kappa shape index (κ1) is 14.1. The maximum absolute atomic E-state index is 12.4. The molecule has 0 aliphatic heterocycles. The lowest BCUT2D eigenvalue weighted by molar-refractivity contribution is 0.101. The zero-order valence-electron chi connectivity index (χ0n) is 11.8. The quantitative estimate of drug-likeness (QED) is 0.920. The molecule has 2 aromatic heterocycles. The maximum atomic E-state index is 12.4. The van der Waals surface area contributed by atoms with Crippen LogP contribution in [0.2, 0.25) is 0 Å². The molecule has 0 unspecified atom stereocenters. The van der Waals surface area contributed by atoms with Crippen LogP contribution in [0.3, 0.4) is 0 Å². The van der Waals surface area contributed by atoms with Gasteiger partial charge in [-0.05, 0) is 41.8 Å². The summed E-state index contributed by atoms with van der Waals surface area (Å²) < 4.78 is 7.97. The molecule has 1 N–H and O–H groups in total. The van der Waals surface area contributed by atoms with E-state index in [2.05, 4.69) is 31.2 Å². The van der Waals surface area contributed by atoms with Gasteiger partial charge in [0.2, 0.25) is 11.8 Å². The van der Waals surface area contributed by atoms with E-state index in [4.69, 9.17) is 4.74 Å². The number of anilines is 1. The summed E-state index contributed by atoms with van der Waals surface area (Å²) in [6.45, 7) is 1.82. The van der Waals surface area contributed by atoms with Crippen LogP contribution in [-0.4, -0.2) is 27.6 Å². The number of methoxy groups -OCH3 is 1. The van der Waals surface area contributed by atoms with E-state index in [1.54, 1.807) is 12.1 Å². The molecule has 0 spiro atoms. The van der Waals surface area contributed by atoms with Crippen LogP contribution in [0.5, 0.6) is 5.88 Å². The van der Waals surface area contributed by atoms with Crippen LogP contribution in [0.25, 0.3) is 0 Å². The van der Waals surface area contributed by atoms with Crippen molar-refractivity contribution in [2.75, 3.05) is 12.4 Å². The lowest BCUT2D eigenvalue weighted by Gasteiger charge is -2.09. The number of carbonyl (C=O) groups is 1. The molecule has 21 heavy (non-hydrogen) atoms. The van der Waals surface area contributed by atoms with Gasteiger partial charge in [-0.2, -0.15) is 4.98 Å². The summed E-state index contributed by atoms with van der Waals surface area (Å²) in [5, 5.41) is 2.73. The second-order valence-corrected chi connectivity index (χ2v) is 5.93. The molecule has 0 atom stereocenters. The van der Waals surface area contributed by atoms with E-state index >= 15 is 0 Å². The number of amides is 1. The van der Waals surface area contributed by atoms with Gasteiger partial charge in [0.25, 0.3) is 5.91 Å². The Kier molecular flexibility index (Phi) is 3.67. The van der Waals surface area contributed by atoms with Gasteiger partial charge in [-0.15, -0.1) is 0 Å². The molecule has 0 aromatic carbocycles. The molecule has 1 aliphatic rings. The van der Waals surface area contributed by atoms with E-state index in [1.807, 2.05) is 17.7 Å². The zero-order chi connectivity index (χ0) is 15.0. The number of aromatic nitrogens is 3. The molecule has 1 saturated carbocycles. The summed E-state index contributed by atoms with van der Waals surface area (Å²) in [6, 6.07) is 3.94. The highest BCUT2D eigenvalue weighted by Gasteiger charge is 2.28. The molecule has 1 aliphatic carbocycles. The summed E-state index contributed by atoms with van der Waals surface area (Å²) in [5.74, 6) is 0.452. The topological polar surface area (TPSA) is 69.0 Å². The van der Waals surface area contributed by atoms with Gasteiger partial charge in [0.05, 0.1) is 7.11 Å². The molecule has 2 heterocycles. The minimum Gasteiger partial charge on any atom is -0.481 e. The van der Waals surface area contributed by atoms with Crippen molar-refractivity contribution in [1.29, 1.82) is 0 Å². The van der Waals surface area contributed by atoms with Crippen LogP contribution in [0.15, 0.2) is 22.8 Å². The lowest BCUT2D eigenvalue weighted by Crippen LogP contribution is -2.18. The van der Waals surface area contributed by atoms with Crippen molar-refractivity contribution in [2.45, 2.75) is 25.8 Å². The van der Waals surface area contributed by atoms with E-state index in [1.165, 1.54) is 7.11 Å². The zero-order valence-corrected chi connectivity index (χ0v) is 13.3. The summed E-state index contributed by atoms with van der Waals surface area (Å²) in [4.78, 5) is 20.7. The first-order chi connectivity index (χ1) is 10.1. The van der Waals surface area contributed by atoms with Crippen molar-refractivity contribution in [3.05, 3.63) is 34.2 Å². The highest BCUT2D eigenvalue weighted by Crippen LogP contribution is 2.37. The third kappa shape index (κ3) is 3.07. The Hall–Kier alpha value is -1.89. The van der Waals surface area contributed by atoms with Gasteiger partial charge in [-0.3, -0.25) is 10.1 Å². The molecule has 0 radical (unpaired) electrons. The molecule has 0 saturated heterocycles. The van der Waals surface area contributed by atoms with Crippen molar-refractivity contribution < 1.29 is 9.53 Å². The summed E-state index contributed by atoms with van der Waals surface area (Å²) in [5.41, 5.74) is 1.34. The Labute approximate surface area is 130 Å². The van der Waals surface area contributed by atoms with Crippen molar-refractivity contribution in [2.24, 2.45) is 0 Å². The largest absolute Gasteiger partial charge is 0.481 e. The Morgan fingerprint density at radius 1 is 1.43 bits per heavy atom. The standard InChI is InChI=1S/C14H15BrN4O2/c1-8-5-12(21-2)17-14(16-8)18-13(20)11-6-9(15)7-19(11)10-3-4-10/h5-7,10H,3-4H2,1-2H3,(H,16,17,18,20). The van der Waals surface area contributed by atoms with Gasteiger partial charge >= 0.3 is 0 Å². The molecule has 1 fully saturated rings. The third-order valence-electron chi connectivity index (χ3n) is 3.25. The first-order valence-corrected chi connectivity index (χ1v) is 7.44. The highest BCUT2D eigenvalue weighted by atomic mass is 79.9. The van der Waals surface area contributed by atoms with Crippen LogP contribution < -0.4 is 10.1 Å². The van der Waals surface area contributed by atoms with E-state index in [-0.39, 0.29) is 11.9 Å². The molecule has 1 amide bonds. The number of nitrogens with zero attached hydrogens (tertiary/aromatic N) is 3. The van der Waals surface area contributed by atoms with E-state index < -0.39 is 0 Å². The van der Waals surface area contributed by atoms with Gasteiger partial charge in [-0.25, -0.2) is 4.98 Å². The predicted molar refractivity (Wildman–Crippen MR) is 81.7 cm³/mol. The predicted octanol–water partition coefficient (Wildman–Crippen LogP) is 2.94. The number of hydrogen-bond acceptors (Lipinski definition) is 4. The fraction of sp³-hybridized carbons (Fsp3) is 0.357. The van der Waals surface area contributed by atoms with Crippen molar-refractivity contribution in [3.8, 4) is 5.88 Å². The molecule has 2 aromatic rings. The van der Waals surface area contributed by atoms with E-state index in [0.717, 1.165) is 23.0 Å². The normalized spacial score (nSPS) is 14.0. The Morgan fingerprint density at radius 2 is 2.19 bits per heavy atom. The number of aryl methyl sites for hydroxylation is 1. The van der Waals surface area contributed by atoms with Crippen LogP contribution in [0, 0.1) is 6.92 Å². The Morgan fingerprint density at radius 3 is 2.86 bits per heavy atom. The van der Waals surface area contributed by atoms with Crippen LogP contribution in [0.1, 0.15) is 35.1 Å². The van der Waals surface area contributed by atoms with E-state index in [0.29, 0.717) is 17.6 Å². The molecule has 3 rings (SSSR count). The van der Waals surface area contributed by atoms with Gasteiger partial charge in [0.15, 0.2) is 0 Å². The average molecular weight is 351 g/mol. The number of hydrogen-bond donors (Lipinski definition) is 1. The second-order valence-electron chi connectivity index (χ2n) is 5.01. The molecule has 7 heteroatoms. The van der Waals surface area contributed by atoms with Gasteiger partial charge in [-0.1, -0.05) is 0 Å². The van der Waals surface area contributed by atoms with Gasteiger partial charge < -0.3 is 9.30 Å². The van der Waals surface area contributed by atoms with Crippen LogP contribution in [0.4, 0.5) is 5.95 Å². The number of carbonyl (C=O) groups excluding carboxylic acids is 1. The third-order valence-corrected chi connectivity index (χ3v) is 3.69. The Bertz CT molecular complexity index is 694. The maximum Gasteiger partial charge on any atom is 0.274 e. The number of ether oxygens (including phenoxy) is 1. The fourth-order valence-electron chi connectivity index (χ4n) is 2.15. The summed E-state index contributed by atoms with van der Waals surface area (Å²) >= 11 is 3.42. The molecular weight excluding hydrogens is 336 g/mol. The minimum absolute atomic E-state index is 0.222.